The molecular formula is C18H19Cl2NO3. The largest absolute Gasteiger partial charge is 0.495 e. The smallest absolute Gasteiger partial charge is 0.224 e. The van der Waals surface area contributed by atoms with Gasteiger partial charge in [-0.3, -0.25) is 4.79 Å². The van der Waals surface area contributed by atoms with Gasteiger partial charge in [0, 0.05) is 16.5 Å². The lowest BCUT2D eigenvalue weighted by Gasteiger charge is -2.11. The fourth-order valence-corrected chi connectivity index (χ4v) is 2.58. The van der Waals surface area contributed by atoms with Gasteiger partial charge in [0.2, 0.25) is 5.91 Å². The number of hydrogen-bond acceptors (Lipinski definition) is 3. The minimum Gasteiger partial charge on any atom is -0.495 e. The topological polar surface area (TPSA) is 47.6 Å². The Morgan fingerprint density at radius 3 is 2.42 bits per heavy atom. The Morgan fingerprint density at radius 1 is 1.08 bits per heavy atom. The van der Waals surface area contributed by atoms with E-state index in [2.05, 4.69) is 5.32 Å². The van der Waals surface area contributed by atoms with Crippen LogP contribution in [0.4, 0.5) is 5.69 Å². The number of carbonyl (C=O) groups is 1. The number of methoxy groups -OCH3 is 1. The van der Waals surface area contributed by atoms with Crippen LogP contribution in [-0.4, -0.2) is 19.6 Å². The van der Waals surface area contributed by atoms with Crippen LogP contribution in [0.5, 0.6) is 11.5 Å². The summed E-state index contributed by atoms with van der Waals surface area (Å²) < 4.78 is 10.9. The summed E-state index contributed by atoms with van der Waals surface area (Å²) in [5.74, 6) is 1.23. The molecule has 1 amide bonds. The fraction of sp³-hybridized carbons (Fsp3) is 0.278. The SMILES string of the molecule is COc1ccc(Cl)cc1NC(=O)CCCOc1ccc(Cl)cc1C. The molecule has 24 heavy (non-hydrogen) atoms. The molecule has 6 heteroatoms. The monoisotopic (exact) mass is 367 g/mol. The first kappa shape index (κ1) is 18.4. The van der Waals surface area contributed by atoms with Crippen LogP contribution >= 0.6 is 23.2 Å². The Morgan fingerprint density at radius 2 is 1.75 bits per heavy atom. The zero-order valence-corrected chi connectivity index (χ0v) is 15.1. The number of amides is 1. The van der Waals surface area contributed by atoms with E-state index in [9.17, 15) is 4.79 Å². The quantitative estimate of drug-likeness (QED) is 0.691. The number of benzene rings is 2. The number of rotatable bonds is 7. The van der Waals surface area contributed by atoms with Crippen LogP contribution in [0.25, 0.3) is 0 Å². The van der Waals surface area contributed by atoms with Crippen molar-refractivity contribution < 1.29 is 14.3 Å². The third-order valence-corrected chi connectivity index (χ3v) is 3.85. The molecule has 0 aliphatic heterocycles. The normalized spacial score (nSPS) is 10.3. The molecule has 0 aliphatic rings. The van der Waals surface area contributed by atoms with Crippen LogP contribution in [0.3, 0.4) is 0 Å². The summed E-state index contributed by atoms with van der Waals surface area (Å²) in [4.78, 5) is 12.0. The number of hydrogen-bond donors (Lipinski definition) is 1. The van der Waals surface area contributed by atoms with Crippen molar-refractivity contribution in [2.75, 3.05) is 19.0 Å². The van der Waals surface area contributed by atoms with Crippen molar-refractivity contribution >= 4 is 34.8 Å². The van der Waals surface area contributed by atoms with Crippen LogP contribution in [0.1, 0.15) is 18.4 Å². The molecule has 0 bridgehead atoms. The van der Waals surface area contributed by atoms with E-state index < -0.39 is 0 Å². The van der Waals surface area contributed by atoms with Gasteiger partial charge in [0.25, 0.3) is 0 Å². The van der Waals surface area contributed by atoms with Gasteiger partial charge in [0.05, 0.1) is 19.4 Å². The molecule has 2 aromatic rings. The van der Waals surface area contributed by atoms with E-state index in [-0.39, 0.29) is 5.91 Å². The molecule has 0 aliphatic carbocycles. The molecule has 0 aromatic heterocycles. The molecule has 1 N–H and O–H groups in total. The highest BCUT2D eigenvalue weighted by atomic mass is 35.5. The van der Waals surface area contributed by atoms with Gasteiger partial charge in [-0.15, -0.1) is 0 Å². The number of aryl methyl sites for hydroxylation is 1. The zero-order chi connectivity index (χ0) is 17.5. The molecule has 0 heterocycles. The standard InChI is InChI=1S/C18H19Cl2NO3/c1-12-10-13(19)5-7-16(12)24-9-3-4-18(22)21-15-11-14(20)6-8-17(15)23-2/h5-8,10-11H,3-4,9H2,1-2H3,(H,21,22). The third-order valence-electron chi connectivity index (χ3n) is 3.38. The van der Waals surface area contributed by atoms with Crippen molar-refractivity contribution in [2.45, 2.75) is 19.8 Å². The molecule has 0 saturated carbocycles. The maximum absolute atomic E-state index is 12.0. The minimum absolute atomic E-state index is 0.119. The van der Waals surface area contributed by atoms with E-state index >= 15 is 0 Å². The number of carbonyl (C=O) groups excluding carboxylic acids is 1. The molecule has 0 saturated heterocycles. The lowest BCUT2D eigenvalue weighted by molar-refractivity contribution is -0.116. The van der Waals surface area contributed by atoms with Gasteiger partial charge in [-0.05, 0) is 55.3 Å². The van der Waals surface area contributed by atoms with E-state index in [1.165, 1.54) is 0 Å². The van der Waals surface area contributed by atoms with Gasteiger partial charge in [0.15, 0.2) is 0 Å². The lowest BCUT2D eigenvalue weighted by Crippen LogP contribution is -2.13. The number of ether oxygens (including phenoxy) is 2. The van der Waals surface area contributed by atoms with Gasteiger partial charge < -0.3 is 14.8 Å². The maximum atomic E-state index is 12.0. The van der Waals surface area contributed by atoms with Crippen LogP contribution in [0.2, 0.25) is 10.0 Å². The predicted molar refractivity (Wildman–Crippen MR) is 97.6 cm³/mol. The highest BCUT2D eigenvalue weighted by molar-refractivity contribution is 6.31. The number of halogens is 2. The number of nitrogens with one attached hydrogen (secondary N) is 1. The molecule has 128 valence electrons. The van der Waals surface area contributed by atoms with Gasteiger partial charge in [-0.1, -0.05) is 23.2 Å². The third kappa shape index (κ3) is 5.32. The van der Waals surface area contributed by atoms with Crippen LogP contribution in [0, 0.1) is 6.92 Å². The van der Waals surface area contributed by atoms with Crippen LogP contribution in [0.15, 0.2) is 36.4 Å². The Bertz CT molecular complexity index is 719. The second-order valence-corrected chi connectivity index (χ2v) is 6.13. The van der Waals surface area contributed by atoms with E-state index in [1.807, 2.05) is 19.1 Å². The van der Waals surface area contributed by atoms with Crippen molar-refractivity contribution in [3.63, 3.8) is 0 Å². The van der Waals surface area contributed by atoms with Crippen molar-refractivity contribution in [1.29, 1.82) is 0 Å². The molecular weight excluding hydrogens is 349 g/mol. The molecule has 4 nitrogen and oxygen atoms in total. The van der Waals surface area contributed by atoms with Crippen LogP contribution in [-0.2, 0) is 4.79 Å². The molecule has 2 rings (SSSR count). The van der Waals surface area contributed by atoms with E-state index in [1.54, 1.807) is 31.4 Å². The summed E-state index contributed by atoms with van der Waals surface area (Å²) in [5.41, 5.74) is 1.53. The van der Waals surface area contributed by atoms with E-state index in [0.717, 1.165) is 11.3 Å². The van der Waals surface area contributed by atoms with Crippen molar-refractivity contribution in [1.82, 2.24) is 0 Å². The maximum Gasteiger partial charge on any atom is 0.224 e. The average Bonchev–Trinajstić information content (AvgIpc) is 2.53. The van der Waals surface area contributed by atoms with E-state index in [4.69, 9.17) is 32.7 Å². The molecule has 0 radical (unpaired) electrons. The Kier molecular flexibility index (Phi) is 6.76. The van der Waals surface area contributed by atoms with Gasteiger partial charge in [-0.2, -0.15) is 0 Å². The Labute approximate surface area is 151 Å². The molecule has 0 spiro atoms. The molecule has 0 fully saturated rings. The first-order valence-electron chi connectivity index (χ1n) is 7.52. The molecule has 0 atom stereocenters. The fourth-order valence-electron chi connectivity index (χ4n) is 2.18. The average molecular weight is 368 g/mol. The summed E-state index contributed by atoms with van der Waals surface area (Å²) in [5, 5.41) is 4.01. The Balaban J connectivity index is 1.80. The van der Waals surface area contributed by atoms with Crippen molar-refractivity contribution in [2.24, 2.45) is 0 Å². The first-order valence-corrected chi connectivity index (χ1v) is 8.27. The highest BCUT2D eigenvalue weighted by Crippen LogP contribution is 2.28. The second kappa shape index (κ2) is 8.81. The summed E-state index contributed by atoms with van der Waals surface area (Å²) in [6, 6.07) is 10.5. The van der Waals surface area contributed by atoms with Gasteiger partial charge in [-0.25, -0.2) is 0 Å². The van der Waals surface area contributed by atoms with Crippen LogP contribution < -0.4 is 14.8 Å². The molecule has 0 unspecified atom stereocenters. The minimum atomic E-state index is -0.119. The Hall–Kier alpha value is -1.91. The summed E-state index contributed by atoms with van der Waals surface area (Å²) in [7, 11) is 1.54. The summed E-state index contributed by atoms with van der Waals surface area (Å²) in [6.07, 6.45) is 0.930. The van der Waals surface area contributed by atoms with Crippen molar-refractivity contribution in [3.05, 3.63) is 52.0 Å². The zero-order valence-electron chi connectivity index (χ0n) is 13.6. The molecule has 2 aromatic carbocycles. The van der Waals surface area contributed by atoms with Gasteiger partial charge in [0.1, 0.15) is 11.5 Å². The predicted octanol–water partition coefficient (Wildman–Crippen LogP) is 5.11. The summed E-state index contributed by atoms with van der Waals surface area (Å²) in [6.45, 7) is 2.38. The lowest BCUT2D eigenvalue weighted by atomic mass is 10.2. The second-order valence-electron chi connectivity index (χ2n) is 5.25. The van der Waals surface area contributed by atoms with E-state index in [0.29, 0.717) is 40.9 Å². The highest BCUT2D eigenvalue weighted by Gasteiger charge is 2.08. The van der Waals surface area contributed by atoms with Crippen molar-refractivity contribution in [3.8, 4) is 11.5 Å². The number of anilines is 1. The van der Waals surface area contributed by atoms with Gasteiger partial charge >= 0.3 is 0 Å². The first-order chi connectivity index (χ1) is 11.5. The summed E-state index contributed by atoms with van der Waals surface area (Å²) >= 11 is 11.8.